The van der Waals surface area contributed by atoms with Gasteiger partial charge in [-0.3, -0.25) is 9.69 Å². The van der Waals surface area contributed by atoms with E-state index in [-0.39, 0.29) is 11.9 Å². The molecule has 0 N–H and O–H groups in total. The van der Waals surface area contributed by atoms with Gasteiger partial charge in [0.2, 0.25) is 0 Å². The van der Waals surface area contributed by atoms with E-state index in [1.807, 2.05) is 48.5 Å². The van der Waals surface area contributed by atoms with E-state index in [4.69, 9.17) is 0 Å². The first-order valence-electron chi connectivity index (χ1n) is 6.38. The highest BCUT2D eigenvalue weighted by Crippen LogP contribution is 2.40. The second kappa shape index (κ2) is 3.54. The third-order valence-electron chi connectivity index (χ3n) is 3.85. The molecular weight excluding hydrogens is 236 g/mol. The molecule has 92 valence electrons. The van der Waals surface area contributed by atoms with Gasteiger partial charge in [0.05, 0.1) is 17.3 Å². The minimum atomic E-state index is 0.0311. The van der Waals surface area contributed by atoms with Crippen LogP contribution in [0.15, 0.2) is 53.5 Å². The highest BCUT2D eigenvalue weighted by molar-refractivity contribution is 6.24. The molecule has 0 aromatic heterocycles. The van der Waals surface area contributed by atoms with Crippen molar-refractivity contribution in [3.8, 4) is 0 Å². The number of carbonyl (C=O) groups excluding carboxylic acids is 1. The molecule has 2 aliphatic rings. The first-order valence-corrected chi connectivity index (χ1v) is 6.38. The second-order valence-electron chi connectivity index (χ2n) is 4.89. The van der Waals surface area contributed by atoms with Gasteiger partial charge in [0.25, 0.3) is 5.91 Å². The first kappa shape index (κ1) is 10.5. The van der Waals surface area contributed by atoms with E-state index < -0.39 is 0 Å². The molecule has 2 aromatic carbocycles. The predicted octanol–water partition coefficient (Wildman–Crippen LogP) is 3.30. The van der Waals surface area contributed by atoms with Crippen LogP contribution in [0.2, 0.25) is 0 Å². The summed E-state index contributed by atoms with van der Waals surface area (Å²) in [7, 11) is 0. The molecule has 1 atom stereocenters. The molecule has 4 rings (SSSR count). The quantitative estimate of drug-likeness (QED) is 0.704. The Morgan fingerprint density at radius 1 is 1.00 bits per heavy atom. The van der Waals surface area contributed by atoms with Gasteiger partial charge in [0.15, 0.2) is 0 Å². The van der Waals surface area contributed by atoms with Gasteiger partial charge in [-0.1, -0.05) is 36.4 Å². The van der Waals surface area contributed by atoms with Gasteiger partial charge in [-0.25, -0.2) is 4.99 Å². The van der Waals surface area contributed by atoms with Gasteiger partial charge in [0, 0.05) is 11.1 Å². The fourth-order valence-electron chi connectivity index (χ4n) is 2.89. The number of carbonyl (C=O) groups is 1. The van der Waals surface area contributed by atoms with E-state index in [9.17, 15) is 4.79 Å². The number of para-hydroxylation sites is 1. The molecule has 2 heterocycles. The largest absolute Gasteiger partial charge is 0.285 e. The monoisotopic (exact) mass is 248 g/mol. The Morgan fingerprint density at radius 3 is 2.53 bits per heavy atom. The molecule has 0 aliphatic carbocycles. The number of fused-ring (bicyclic) bond motifs is 4. The van der Waals surface area contributed by atoms with E-state index in [0.717, 1.165) is 28.2 Å². The molecular formula is C16H12N2O. The summed E-state index contributed by atoms with van der Waals surface area (Å²) >= 11 is 0. The molecule has 0 spiro atoms. The summed E-state index contributed by atoms with van der Waals surface area (Å²) < 4.78 is 0. The van der Waals surface area contributed by atoms with Crippen molar-refractivity contribution in [3.05, 3.63) is 65.2 Å². The van der Waals surface area contributed by atoms with E-state index in [2.05, 4.69) is 11.9 Å². The summed E-state index contributed by atoms with van der Waals surface area (Å²) in [5.41, 5.74) is 3.76. The normalized spacial score (nSPS) is 19.6. The van der Waals surface area contributed by atoms with Crippen LogP contribution < -0.4 is 0 Å². The number of hydrogen-bond acceptors (Lipinski definition) is 2. The van der Waals surface area contributed by atoms with Crippen LogP contribution in [0.25, 0.3) is 0 Å². The summed E-state index contributed by atoms with van der Waals surface area (Å²) in [5.74, 6) is 0.836. The van der Waals surface area contributed by atoms with Crippen LogP contribution in [0.3, 0.4) is 0 Å². The lowest BCUT2D eigenvalue weighted by atomic mass is 10.0. The Hall–Kier alpha value is -2.42. The van der Waals surface area contributed by atoms with Crippen molar-refractivity contribution in [1.29, 1.82) is 0 Å². The van der Waals surface area contributed by atoms with Crippen LogP contribution in [-0.2, 0) is 0 Å². The second-order valence-corrected chi connectivity index (χ2v) is 4.89. The van der Waals surface area contributed by atoms with Crippen molar-refractivity contribution in [2.24, 2.45) is 4.99 Å². The standard InChI is InChI=1S/C16H12N2O/c1-10-11-6-4-5-9-14(11)17-15-12-7-2-3-8-13(12)16(19)18(10)15/h2-10H,1H3. The number of benzene rings is 2. The lowest BCUT2D eigenvalue weighted by molar-refractivity contribution is 0.0822. The molecule has 0 saturated heterocycles. The molecule has 3 heteroatoms. The van der Waals surface area contributed by atoms with Gasteiger partial charge >= 0.3 is 0 Å². The van der Waals surface area contributed by atoms with Crippen LogP contribution in [-0.4, -0.2) is 16.6 Å². The Morgan fingerprint density at radius 2 is 1.68 bits per heavy atom. The predicted molar refractivity (Wildman–Crippen MR) is 73.7 cm³/mol. The van der Waals surface area contributed by atoms with Gasteiger partial charge in [0.1, 0.15) is 5.84 Å². The zero-order chi connectivity index (χ0) is 13.0. The number of amidine groups is 1. The summed E-state index contributed by atoms with van der Waals surface area (Å²) in [6.45, 7) is 2.05. The summed E-state index contributed by atoms with van der Waals surface area (Å²) in [4.78, 5) is 19.0. The zero-order valence-electron chi connectivity index (χ0n) is 10.5. The molecule has 2 aromatic rings. The van der Waals surface area contributed by atoms with Crippen molar-refractivity contribution >= 4 is 17.4 Å². The van der Waals surface area contributed by atoms with E-state index in [1.165, 1.54) is 0 Å². The van der Waals surface area contributed by atoms with E-state index in [0.29, 0.717) is 0 Å². The third-order valence-corrected chi connectivity index (χ3v) is 3.85. The molecule has 0 radical (unpaired) electrons. The zero-order valence-corrected chi connectivity index (χ0v) is 10.5. The Labute approximate surface area is 111 Å². The molecule has 3 nitrogen and oxygen atoms in total. The average Bonchev–Trinajstić information content (AvgIpc) is 2.74. The van der Waals surface area contributed by atoms with E-state index in [1.54, 1.807) is 4.90 Å². The van der Waals surface area contributed by atoms with Crippen molar-refractivity contribution < 1.29 is 4.79 Å². The molecule has 19 heavy (non-hydrogen) atoms. The lowest BCUT2D eigenvalue weighted by Crippen LogP contribution is -2.35. The van der Waals surface area contributed by atoms with Crippen LogP contribution in [0.4, 0.5) is 5.69 Å². The lowest BCUT2D eigenvalue weighted by Gasteiger charge is -2.30. The molecule has 2 aliphatic heterocycles. The van der Waals surface area contributed by atoms with Gasteiger partial charge in [-0.2, -0.15) is 0 Å². The Kier molecular flexibility index (Phi) is 1.96. The number of hydrogen-bond donors (Lipinski definition) is 0. The number of nitrogens with zero attached hydrogens (tertiary/aromatic N) is 2. The molecule has 0 saturated carbocycles. The molecule has 1 unspecified atom stereocenters. The summed E-state index contributed by atoms with van der Waals surface area (Å²) in [6.07, 6.45) is 0. The smallest absolute Gasteiger partial charge is 0.260 e. The fourth-order valence-corrected chi connectivity index (χ4v) is 2.89. The summed E-state index contributed by atoms with van der Waals surface area (Å²) in [5, 5.41) is 0. The maximum Gasteiger partial charge on any atom is 0.260 e. The maximum atomic E-state index is 12.5. The van der Waals surface area contributed by atoms with E-state index >= 15 is 0 Å². The van der Waals surface area contributed by atoms with Crippen LogP contribution in [0.1, 0.15) is 34.5 Å². The highest BCUT2D eigenvalue weighted by atomic mass is 16.2. The van der Waals surface area contributed by atoms with Crippen LogP contribution >= 0.6 is 0 Å². The fraction of sp³-hybridized carbons (Fsp3) is 0.125. The number of aliphatic imine (C=N–C) groups is 1. The van der Waals surface area contributed by atoms with Crippen LogP contribution in [0, 0.1) is 0 Å². The van der Waals surface area contributed by atoms with Gasteiger partial charge in [-0.15, -0.1) is 0 Å². The SMILES string of the molecule is CC1c2ccccc2N=C2c3ccccc3C(=O)N21. The average molecular weight is 248 g/mol. The Bertz CT molecular complexity index is 733. The van der Waals surface area contributed by atoms with Crippen molar-refractivity contribution in [1.82, 2.24) is 4.90 Å². The molecule has 0 bridgehead atoms. The van der Waals surface area contributed by atoms with Crippen molar-refractivity contribution in [2.75, 3.05) is 0 Å². The minimum absolute atomic E-state index is 0.0311. The first-order chi connectivity index (χ1) is 9.27. The maximum absolute atomic E-state index is 12.5. The summed E-state index contributed by atoms with van der Waals surface area (Å²) in [6, 6.07) is 15.7. The highest BCUT2D eigenvalue weighted by Gasteiger charge is 2.39. The topological polar surface area (TPSA) is 32.7 Å². The van der Waals surface area contributed by atoms with Crippen molar-refractivity contribution in [3.63, 3.8) is 0 Å². The number of rotatable bonds is 0. The van der Waals surface area contributed by atoms with Gasteiger partial charge in [-0.05, 0) is 19.1 Å². The van der Waals surface area contributed by atoms with Gasteiger partial charge < -0.3 is 0 Å². The molecule has 1 amide bonds. The minimum Gasteiger partial charge on any atom is -0.285 e. The van der Waals surface area contributed by atoms with Crippen LogP contribution in [0.5, 0.6) is 0 Å². The number of amides is 1. The van der Waals surface area contributed by atoms with Crippen molar-refractivity contribution in [2.45, 2.75) is 13.0 Å². The third kappa shape index (κ3) is 1.27. The Balaban J connectivity index is 2.01. The molecule has 0 fully saturated rings.